The first kappa shape index (κ1) is 13.5. The van der Waals surface area contributed by atoms with Crippen LogP contribution in [0.2, 0.25) is 0 Å². The van der Waals surface area contributed by atoms with Gasteiger partial charge in [-0.3, -0.25) is 4.79 Å². The first-order valence-electron chi connectivity index (χ1n) is 6.75. The quantitative estimate of drug-likeness (QED) is 0.898. The molecule has 0 unspecified atom stereocenters. The Morgan fingerprint density at radius 3 is 2.24 bits per heavy atom. The van der Waals surface area contributed by atoms with Crippen LogP contribution in [-0.2, 0) is 0 Å². The number of carbonyl (C=O) groups is 1. The van der Waals surface area contributed by atoms with Gasteiger partial charge in [0.05, 0.1) is 0 Å². The monoisotopic (exact) mass is 288 g/mol. The zero-order chi connectivity index (χ0) is 14.8. The highest BCUT2D eigenvalue weighted by atomic mass is 19.2. The maximum absolute atomic E-state index is 13.1. The molecule has 5 heteroatoms. The van der Waals surface area contributed by atoms with Gasteiger partial charge in [0.15, 0.2) is 11.6 Å². The topological polar surface area (TPSA) is 41.1 Å². The zero-order valence-electron chi connectivity index (χ0n) is 11.2. The number of nitrogens with one attached hydrogen (secondary N) is 2. The second-order valence-corrected chi connectivity index (χ2v) is 5.08. The van der Waals surface area contributed by atoms with Crippen LogP contribution in [0.3, 0.4) is 0 Å². The molecule has 0 aromatic heterocycles. The molecule has 0 radical (unpaired) electrons. The minimum absolute atomic E-state index is 0.0779. The number of carbonyl (C=O) groups excluding carboxylic acids is 1. The van der Waals surface area contributed by atoms with E-state index in [1.54, 1.807) is 12.1 Å². The van der Waals surface area contributed by atoms with E-state index in [9.17, 15) is 13.6 Å². The fourth-order valence-corrected chi connectivity index (χ4v) is 1.95. The molecule has 2 N–H and O–H groups in total. The molecule has 2 aromatic rings. The van der Waals surface area contributed by atoms with Gasteiger partial charge >= 0.3 is 0 Å². The minimum atomic E-state index is -1.04. The van der Waals surface area contributed by atoms with E-state index < -0.39 is 17.5 Å². The summed E-state index contributed by atoms with van der Waals surface area (Å²) in [5.74, 6) is -2.48. The fraction of sp³-hybridized carbons (Fsp3) is 0.188. The first-order valence-corrected chi connectivity index (χ1v) is 6.75. The SMILES string of the molecule is O=C(Nc1ccc(NC2CC2)cc1)c1ccc(F)c(F)c1. The Morgan fingerprint density at radius 2 is 1.62 bits per heavy atom. The van der Waals surface area contributed by atoms with Crippen LogP contribution in [0.25, 0.3) is 0 Å². The largest absolute Gasteiger partial charge is 0.382 e. The third-order valence-electron chi connectivity index (χ3n) is 3.27. The van der Waals surface area contributed by atoms with E-state index in [0.29, 0.717) is 11.7 Å². The zero-order valence-corrected chi connectivity index (χ0v) is 11.2. The summed E-state index contributed by atoms with van der Waals surface area (Å²) >= 11 is 0. The Balaban J connectivity index is 1.67. The van der Waals surface area contributed by atoms with Crippen LogP contribution in [0.15, 0.2) is 42.5 Å². The molecular weight excluding hydrogens is 274 g/mol. The molecule has 1 saturated carbocycles. The molecule has 1 aliphatic carbocycles. The van der Waals surface area contributed by atoms with E-state index >= 15 is 0 Å². The molecule has 1 fully saturated rings. The summed E-state index contributed by atoms with van der Waals surface area (Å²) in [7, 11) is 0. The number of hydrogen-bond donors (Lipinski definition) is 2. The van der Waals surface area contributed by atoms with Gasteiger partial charge in [-0.1, -0.05) is 0 Å². The van der Waals surface area contributed by atoms with E-state index in [4.69, 9.17) is 0 Å². The van der Waals surface area contributed by atoms with Crippen LogP contribution < -0.4 is 10.6 Å². The van der Waals surface area contributed by atoms with Crippen molar-refractivity contribution in [2.45, 2.75) is 18.9 Å². The minimum Gasteiger partial charge on any atom is -0.382 e. The Bertz CT molecular complexity index is 666. The molecule has 0 heterocycles. The second kappa shape index (κ2) is 5.52. The summed E-state index contributed by atoms with van der Waals surface area (Å²) < 4.78 is 25.9. The van der Waals surface area contributed by atoms with Gasteiger partial charge in [0, 0.05) is 23.0 Å². The summed E-state index contributed by atoms with van der Waals surface area (Å²) in [5, 5.41) is 5.98. The molecule has 0 aliphatic heterocycles. The van der Waals surface area contributed by atoms with E-state index in [1.807, 2.05) is 12.1 Å². The Kier molecular flexibility index (Phi) is 3.56. The summed E-state index contributed by atoms with van der Waals surface area (Å²) in [6.45, 7) is 0. The molecule has 0 saturated heterocycles. The van der Waals surface area contributed by atoms with Crippen LogP contribution >= 0.6 is 0 Å². The van der Waals surface area contributed by atoms with Gasteiger partial charge in [0.25, 0.3) is 5.91 Å². The molecule has 0 bridgehead atoms. The van der Waals surface area contributed by atoms with Crippen molar-refractivity contribution in [3.8, 4) is 0 Å². The summed E-state index contributed by atoms with van der Waals surface area (Å²) in [6, 6.07) is 10.9. The Labute approximate surface area is 121 Å². The fourth-order valence-electron chi connectivity index (χ4n) is 1.95. The van der Waals surface area contributed by atoms with E-state index in [1.165, 1.54) is 18.9 Å². The van der Waals surface area contributed by atoms with Gasteiger partial charge in [-0.25, -0.2) is 8.78 Å². The van der Waals surface area contributed by atoms with E-state index in [0.717, 1.165) is 17.8 Å². The van der Waals surface area contributed by atoms with Gasteiger partial charge in [-0.2, -0.15) is 0 Å². The molecule has 0 spiro atoms. The van der Waals surface area contributed by atoms with Crippen molar-refractivity contribution in [3.05, 3.63) is 59.7 Å². The standard InChI is InChI=1S/C16H14F2N2O/c17-14-8-1-10(9-15(14)18)16(21)20-13-6-4-12(5-7-13)19-11-2-3-11/h1,4-9,11,19H,2-3H2,(H,20,21). The van der Waals surface area contributed by atoms with Crippen molar-refractivity contribution >= 4 is 17.3 Å². The maximum atomic E-state index is 13.1. The molecule has 1 aliphatic rings. The van der Waals surface area contributed by atoms with Crippen LogP contribution in [0.4, 0.5) is 20.2 Å². The van der Waals surface area contributed by atoms with Gasteiger partial charge in [-0.05, 0) is 55.3 Å². The number of benzene rings is 2. The second-order valence-electron chi connectivity index (χ2n) is 5.08. The smallest absolute Gasteiger partial charge is 0.255 e. The predicted molar refractivity (Wildman–Crippen MR) is 77.4 cm³/mol. The summed E-state index contributed by atoms with van der Waals surface area (Å²) in [6.07, 6.45) is 2.38. The van der Waals surface area contributed by atoms with Gasteiger partial charge in [0.2, 0.25) is 0 Å². The van der Waals surface area contributed by atoms with E-state index in [2.05, 4.69) is 10.6 Å². The highest BCUT2D eigenvalue weighted by Gasteiger charge is 2.20. The molecule has 3 nitrogen and oxygen atoms in total. The van der Waals surface area contributed by atoms with Crippen molar-refractivity contribution in [2.24, 2.45) is 0 Å². The number of halogens is 2. The molecule has 1 amide bonds. The third-order valence-corrected chi connectivity index (χ3v) is 3.27. The molecule has 2 aromatic carbocycles. The number of hydrogen-bond acceptors (Lipinski definition) is 2. The highest BCUT2D eigenvalue weighted by molar-refractivity contribution is 6.04. The molecular formula is C16H14F2N2O. The van der Waals surface area contributed by atoms with E-state index in [-0.39, 0.29) is 5.56 Å². The number of amides is 1. The van der Waals surface area contributed by atoms with Crippen molar-refractivity contribution in [1.82, 2.24) is 0 Å². The van der Waals surface area contributed by atoms with Crippen molar-refractivity contribution in [3.63, 3.8) is 0 Å². The van der Waals surface area contributed by atoms with Gasteiger partial charge < -0.3 is 10.6 Å². The number of anilines is 2. The molecule has 108 valence electrons. The van der Waals surface area contributed by atoms with Crippen LogP contribution in [-0.4, -0.2) is 11.9 Å². The maximum Gasteiger partial charge on any atom is 0.255 e. The van der Waals surface area contributed by atoms with Crippen LogP contribution in [0, 0.1) is 11.6 Å². The lowest BCUT2D eigenvalue weighted by Crippen LogP contribution is -2.12. The average molecular weight is 288 g/mol. The van der Waals surface area contributed by atoms with Crippen LogP contribution in [0.1, 0.15) is 23.2 Å². The average Bonchev–Trinajstić information content (AvgIpc) is 3.28. The highest BCUT2D eigenvalue weighted by Crippen LogP contribution is 2.25. The van der Waals surface area contributed by atoms with Crippen molar-refractivity contribution < 1.29 is 13.6 Å². The Hall–Kier alpha value is -2.43. The Morgan fingerprint density at radius 1 is 0.952 bits per heavy atom. The molecule has 21 heavy (non-hydrogen) atoms. The summed E-state index contributed by atoms with van der Waals surface area (Å²) in [5.41, 5.74) is 1.68. The van der Waals surface area contributed by atoms with Crippen molar-refractivity contribution in [2.75, 3.05) is 10.6 Å². The summed E-state index contributed by atoms with van der Waals surface area (Å²) in [4.78, 5) is 11.9. The normalized spacial score (nSPS) is 13.8. The van der Waals surface area contributed by atoms with Gasteiger partial charge in [0.1, 0.15) is 0 Å². The lowest BCUT2D eigenvalue weighted by Gasteiger charge is -2.08. The molecule has 3 rings (SSSR count). The lowest BCUT2D eigenvalue weighted by molar-refractivity contribution is 0.102. The number of rotatable bonds is 4. The van der Waals surface area contributed by atoms with Gasteiger partial charge in [-0.15, -0.1) is 0 Å². The first-order chi connectivity index (χ1) is 10.1. The van der Waals surface area contributed by atoms with Crippen molar-refractivity contribution in [1.29, 1.82) is 0 Å². The third kappa shape index (κ3) is 3.37. The lowest BCUT2D eigenvalue weighted by atomic mass is 10.2. The predicted octanol–water partition coefficient (Wildman–Crippen LogP) is 3.79. The van der Waals surface area contributed by atoms with Crippen LogP contribution in [0.5, 0.6) is 0 Å². The molecule has 0 atom stereocenters.